The molecule has 13 rings (SSSR count). The summed E-state index contributed by atoms with van der Waals surface area (Å²) in [5.41, 5.74) is 28.1. The highest BCUT2D eigenvalue weighted by Crippen LogP contribution is 2.62. The molecule has 2 unspecified atom stereocenters. The molecular formula is C68H72BN3. The van der Waals surface area contributed by atoms with E-state index in [0.29, 0.717) is 0 Å². The van der Waals surface area contributed by atoms with Gasteiger partial charge in [-0.15, -0.1) is 0 Å². The monoisotopic (exact) mass is 942 g/mol. The summed E-state index contributed by atoms with van der Waals surface area (Å²) in [7, 11) is 0. The van der Waals surface area contributed by atoms with Crippen LogP contribution in [0.15, 0.2) is 133 Å². The van der Waals surface area contributed by atoms with Gasteiger partial charge in [-0.05, 0) is 152 Å². The molecule has 0 amide bonds. The van der Waals surface area contributed by atoms with Crippen molar-refractivity contribution < 1.29 is 0 Å². The minimum atomic E-state index is -0.207. The molecule has 2 aliphatic carbocycles. The van der Waals surface area contributed by atoms with E-state index in [-0.39, 0.29) is 39.3 Å². The van der Waals surface area contributed by atoms with Gasteiger partial charge < -0.3 is 14.4 Å². The van der Waals surface area contributed by atoms with Gasteiger partial charge in [0.1, 0.15) is 0 Å². The molecule has 3 aliphatic heterocycles. The second-order valence-corrected chi connectivity index (χ2v) is 26.6. The van der Waals surface area contributed by atoms with Gasteiger partial charge in [-0.2, -0.15) is 0 Å². The Bertz CT molecular complexity index is 3620. The fraction of sp³-hybridized carbons (Fsp3) is 0.353. The second kappa shape index (κ2) is 14.7. The van der Waals surface area contributed by atoms with Crippen LogP contribution in [0.4, 0.5) is 28.4 Å². The Morgan fingerprint density at radius 3 is 1.89 bits per heavy atom. The van der Waals surface area contributed by atoms with Crippen molar-refractivity contribution in [3.8, 4) is 27.9 Å². The minimum absolute atomic E-state index is 0.0138. The Morgan fingerprint density at radius 2 is 1.17 bits per heavy atom. The van der Waals surface area contributed by atoms with Gasteiger partial charge in [0, 0.05) is 67.0 Å². The molecule has 2 atom stereocenters. The summed E-state index contributed by atoms with van der Waals surface area (Å²) in [6.07, 6.45) is 4.85. The Kier molecular flexibility index (Phi) is 9.31. The number of anilines is 5. The maximum Gasteiger partial charge on any atom is 0.252 e. The van der Waals surface area contributed by atoms with Crippen molar-refractivity contribution in [1.29, 1.82) is 0 Å². The largest absolute Gasteiger partial charge is 0.334 e. The number of rotatable bonds is 3. The first-order valence-corrected chi connectivity index (χ1v) is 27.1. The fourth-order valence-electron chi connectivity index (χ4n) is 14.6. The highest BCUT2D eigenvalue weighted by molar-refractivity contribution is 7.00. The van der Waals surface area contributed by atoms with Crippen molar-refractivity contribution >= 4 is 62.4 Å². The molecule has 8 aromatic rings. The fourth-order valence-corrected chi connectivity index (χ4v) is 14.6. The molecule has 72 heavy (non-hydrogen) atoms. The van der Waals surface area contributed by atoms with Crippen LogP contribution in [0, 0.1) is 6.92 Å². The summed E-state index contributed by atoms with van der Waals surface area (Å²) in [5, 5.41) is 1.39. The molecule has 0 radical (unpaired) electrons. The number of hydrogen-bond donors (Lipinski definition) is 0. The normalized spacial score (nSPS) is 20.3. The zero-order valence-corrected chi connectivity index (χ0v) is 45.4. The van der Waals surface area contributed by atoms with Crippen molar-refractivity contribution in [3.05, 3.63) is 173 Å². The van der Waals surface area contributed by atoms with E-state index in [4.69, 9.17) is 0 Å². The molecule has 7 aromatic carbocycles. The van der Waals surface area contributed by atoms with Gasteiger partial charge in [0.25, 0.3) is 6.71 Å². The van der Waals surface area contributed by atoms with E-state index in [1.54, 1.807) is 0 Å². The summed E-state index contributed by atoms with van der Waals surface area (Å²) < 4.78 is 2.74. The van der Waals surface area contributed by atoms with E-state index >= 15 is 0 Å². The summed E-state index contributed by atoms with van der Waals surface area (Å²) in [4.78, 5) is 5.51. The summed E-state index contributed by atoms with van der Waals surface area (Å²) in [6, 6.07) is 53.2. The van der Waals surface area contributed by atoms with Crippen LogP contribution in [0.2, 0.25) is 0 Å². The van der Waals surface area contributed by atoms with Gasteiger partial charge in [-0.1, -0.05) is 181 Å². The molecule has 1 aromatic heterocycles. The lowest BCUT2D eigenvalue weighted by Crippen LogP contribution is -2.61. The van der Waals surface area contributed by atoms with Crippen molar-refractivity contribution in [2.75, 3.05) is 9.80 Å². The first-order valence-electron chi connectivity index (χ1n) is 27.1. The number of aryl methyl sites for hydroxylation is 1. The topological polar surface area (TPSA) is 11.4 Å². The number of aromatic nitrogens is 1. The van der Waals surface area contributed by atoms with Gasteiger partial charge in [0.15, 0.2) is 0 Å². The van der Waals surface area contributed by atoms with Gasteiger partial charge in [-0.25, -0.2) is 0 Å². The molecule has 362 valence electrons. The molecule has 0 bridgehead atoms. The lowest BCUT2D eigenvalue weighted by atomic mass is 9.33. The average molecular weight is 942 g/mol. The number of benzene rings is 7. The van der Waals surface area contributed by atoms with Crippen LogP contribution < -0.4 is 26.2 Å². The van der Waals surface area contributed by atoms with Crippen LogP contribution in [0.1, 0.15) is 155 Å². The Labute approximate surface area is 430 Å². The zero-order chi connectivity index (χ0) is 50.4. The maximum absolute atomic E-state index is 2.80. The first kappa shape index (κ1) is 45.6. The predicted molar refractivity (Wildman–Crippen MR) is 309 cm³/mol. The molecule has 1 fully saturated rings. The highest BCUT2D eigenvalue weighted by atomic mass is 15.3. The summed E-state index contributed by atoms with van der Waals surface area (Å²) in [6.45, 7) is 33.8. The Hall–Kier alpha value is -6.26. The van der Waals surface area contributed by atoms with Crippen LogP contribution in [0.3, 0.4) is 0 Å². The van der Waals surface area contributed by atoms with Crippen LogP contribution in [0.5, 0.6) is 0 Å². The standard InChI is InChI=1S/C68H72BN3/c1-41-34-57-60-58(35-41)71-61-49(59-47-24-18-19-25-50(47)66(11,12)62(59)71)37-45(65(8,9)10)39-53(61)69(60)52-29-28-46(72-55-31-27-44(64(5,6)7)38-51(55)67(13)32-20-21-33-68(67,72)14)40-56(52)70(57)54-30-26-43(63(2,3)4)36-48(54)42-22-16-15-17-23-42/h15-19,22-31,34-40H,20-21,32-33H2,1-14H3. The van der Waals surface area contributed by atoms with Crippen LogP contribution in [-0.4, -0.2) is 16.8 Å². The van der Waals surface area contributed by atoms with E-state index in [1.165, 1.54) is 142 Å². The van der Waals surface area contributed by atoms with E-state index in [9.17, 15) is 0 Å². The molecule has 4 heteroatoms. The van der Waals surface area contributed by atoms with E-state index in [2.05, 4.69) is 245 Å². The quantitative estimate of drug-likeness (QED) is 0.164. The van der Waals surface area contributed by atoms with Crippen molar-refractivity contribution in [1.82, 2.24) is 4.57 Å². The first-order chi connectivity index (χ1) is 34.0. The number of nitrogens with zero attached hydrogens (tertiary/aromatic N) is 3. The Morgan fingerprint density at radius 1 is 0.514 bits per heavy atom. The molecule has 0 spiro atoms. The lowest BCUT2D eigenvalue weighted by Gasteiger charge is -2.50. The van der Waals surface area contributed by atoms with Crippen molar-refractivity contribution in [3.63, 3.8) is 0 Å². The highest BCUT2D eigenvalue weighted by Gasteiger charge is 2.58. The smallest absolute Gasteiger partial charge is 0.252 e. The Balaban J connectivity index is 1.15. The van der Waals surface area contributed by atoms with Crippen molar-refractivity contribution in [2.24, 2.45) is 0 Å². The molecule has 4 heterocycles. The van der Waals surface area contributed by atoms with E-state index < -0.39 is 0 Å². The van der Waals surface area contributed by atoms with Gasteiger partial charge in [-0.3, -0.25) is 0 Å². The molecule has 5 aliphatic rings. The van der Waals surface area contributed by atoms with Crippen LogP contribution in [-0.2, 0) is 27.1 Å². The third-order valence-electron chi connectivity index (χ3n) is 18.8. The summed E-state index contributed by atoms with van der Waals surface area (Å²) >= 11 is 0. The third kappa shape index (κ3) is 6.05. The van der Waals surface area contributed by atoms with E-state index in [0.717, 1.165) is 6.42 Å². The van der Waals surface area contributed by atoms with E-state index in [1.807, 2.05) is 0 Å². The zero-order valence-electron chi connectivity index (χ0n) is 45.4. The predicted octanol–water partition coefficient (Wildman–Crippen LogP) is 16.2. The minimum Gasteiger partial charge on any atom is -0.334 e. The van der Waals surface area contributed by atoms with Crippen LogP contribution >= 0.6 is 0 Å². The molecule has 3 nitrogen and oxygen atoms in total. The molecular weight excluding hydrogens is 870 g/mol. The SMILES string of the molecule is Cc1cc2c3c(c1)-n1c4c(c5cc(C(C)(C)C)cc(c51)B3c1ccc(N3c5ccc(C(C)(C)C)cc5C5(C)CCCCC35C)cc1N2c1ccc(C(C)(C)C)cc1-c1ccccc1)-c1ccccc1C4(C)C. The van der Waals surface area contributed by atoms with Gasteiger partial charge in [0.2, 0.25) is 0 Å². The average Bonchev–Trinajstić information content (AvgIpc) is 3.88. The molecule has 0 saturated heterocycles. The second-order valence-electron chi connectivity index (χ2n) is 26.6. The number of fused-ring (bicyclic) bond motifs is 12. The van der Waals surface area contributed by atoms with Crippen molar-refractivity contribution in [2.45, 2.75) is 155 Å². The lowest BCUT2D eigenvalue weighted by molar-refractivity contribution is 0.195. The molecule has 1 saturated carbocycles. The third-order valence-corrected chi connectivity index (χ3v) is 18.8. The van der Waals surface area contributed by atoms with Crippen LogP contribution in [0.25, 0.3) is 38.8 Å². The van der Waals surface area contributed by atoms with Gasteiger partial charge >= 0.3 is 0 Å². The molecule has 0 N–H and O–H groups in total. The number of hydrogen-bond acceptors (Lipinski definition) is 2. The summed E-state index contributed by atoms with van der Waals surface area (Å²) in [5.74, 6) is 0. The maximum atomic E-state index is 2.80. The van der Waals surface area contributed by atoms with Gasteiger partial charge in [0.05, 0.1) is 11.2 Å².